The minimum atomic E-state index is -1.13. The Morgan fingerprint density at radius 1 is 1.35 bits per heavy atom. The zero-order valence-electron chi connectivity index (χ0n) is 11.1. The molecule has 1 aromatic rings. The highest BCUT2D eigenvalue weighted by atomic mass is 19.2. The van der Waals surface area contributed by atoms with E-state index < -0.39 is 35.5 Å². The quantitative estimate of drug-likeness (QED) is 0.907. The SMILES string of the molecule is CC1CC(=O)N(c2cccc(F)c2F)C(C)C1C(=O)O. The van der Waals surface area contributed by atoms with Crippen molar-refractivity contribution in [3.8, 4) is 0 Å². The van der Waals surface area contributed by atoms with E-state index in [0.29, 0.717) is 0 Å². The van der Waals surface area contributed by atoms with Crippen LogP contribution in [0.25, 0.3) is 0 Å². The molecule has 1 aliphatic heterocycles. The average molecular weight is 283 g/mol. The summed E-state index contributed by atoms with van der Waals surface area (Å²) in [5, 5.41) is 9.25. The molecule has 1 aliphatic rings. The highest BCUT2D eigenvalue weighted by Crippen LogP contribution is 2.35. The molecule has 0 bridgehead atoms. The molecule has 6 heteroatoms. The molecule has 1 N–H and O–H groups in total. The third kappa shape index (κ3) is 2.26. The van der Waals surface area contributed by atoms with Crippen LogP contribution in [0.2, 0.25) is 0 Å². The molecule has 0 aliphatic carbocycles. The summed E-state index contributed by atoms with van der Waals surface area (Å²) in [4.78, 5) is 24.4. The number of carboxylic acids is 1. The Labute approximate surface area is 115 Å². The lowest BCUT2D eigenvalue weighted by atomic mass is 9.80. The molecule has 1 fully saturated rings. The molecule has 1 heterocycles. The van der Waals surface area contributed by atoms with E-state index >= 15 is 0 Å². The van der Waals surface area contributed by atoms with Crippen molar-refractivity contribution in [2.75, 3.05) is 4.90 Å². The van der Waals surface area contributed by atoms with Gasteiger partial charge < -0.3 is 10.0 Å². The van der Waals surface area contributed by atoms with Crippen LogP contribution in [0.5, 0.6) is 0 Å². The van der Waals surface area contributed by atoms with Crippen LogP contribution in [0.15, 0.2) is 18.2 Å². The lowest BCUT2D eigenvalue weighted by Gasteiger charge is -2.40. The maximum Gasteiger partial charge on any atom is 0.308 e. The second kappa shape index (κ2) is 5.19. The zero-order chi connectivity index (χ0) is 15.0. The number of piperidine rings is 1. The number of hydrogen-bond donors (Lipinski definition) is 1. The molecule has 0 spiro atoms. The van der Waals surface area contributed by atoms with Gasteiger partial charge in [0, 0.05) is 12.5 Å². The number of nitrogens with zero attached hydrogens (tertiary/aromatic N) is 1. The van der Waals surface area contributed by atoms with Crippen LogP contribution in [0.3, 0.4) is 0 Å². The van der Waals surface area contributed by atoms with Gasteiger partial charge in [0.25, 0.3) is 0 Å². The van der Waals surface area contributed by atoms with Gasteiger partial charge in [-0.15, -0.1) is 0 Å². The second-order valence-corrected chi connectivity index (χ2v) is 5.12. The minimum Gasteiger partial charge on any atom is -0.481 e. The number of halogens is 2. The van der Waals surface area contributed by atoms with E-state index in [0.717, 1.165) is 11.0 Å². The fourth-order valence-corrected chi connectivity index (χ4v) is 2.85. The van der Waals surface area contributed by atoms with Gasteiger partial charge in [0.05, 0.1) is 11.6 Å². The van der Waals surface area contributed by atoms with Gasteiger partial charge in [0.2, 0.25) is 5.91 Å². The van der Waals surface area contributed by atoms with E-state index in [4.69, 9.17) is 0 Å². The number of aliphatic carboxylic acids is 1. The third-order valence-electron chi connectivity index (χ3n) is 3.78. The van der Waals surface area contributed by atoms with Crippen molar-refractivity contribution in [1.29, 1.82) is 0 Å². The fourth-order valence-electron chi connectivity index (χ4n) is 2.85. The first kappa shape index (κ1) is 14.4. The number of carbonyl (C=O) groups excluding carboxylic acids is 1. The average Bonchev–Trinajstić information content (AvgIpc) is 2.33. The molecule has 1 aromatic carbocycles. The summed E-state index contributed by atoms with van der Waals surface area (Å²) in [6.45, 7) is 3.21. The van der Waals surface area contributed by atoms with Gasteiger partial charge in [-0.05, 0) is 25.0 Å². The van der Waals surface area contributed by atoms with Gasteiger partial charge in [-0.1, -0.05) is 13.0 Å². The van der Waals surface area contributed by atoms with Crippen LogP contribution in [0.1, 0.15) is 20.3 Å². The lowest BCUT2D eigenvalue weighted by Crippen LogP contribution is -2.53. The van der Waals surface area contributed by atoms with Crippen LogP contribution in [-0.4, -0.2) is 23.0 Å². The molecule has 0 aromatic heterocycles. The topological polar surface area (TPSA) is 57.6 Å². The zero-order valence-corrected chi connectivity index (χ0v) is 11.1. The van der Waals surface area contributed by atoms with Gasteiger partial charge in [-0.25, -0.2) is 8.78 Å². The Bertz CT molecular complexity index is 561. The summed E-state index contributed by atoms with van der Waals surface area (Å²) in [5.41, 5.74) is -0.208. The molecule has 3 unspecified atom stereocenters. The van der Waals surface area contributed by atoms with E-state index in [-0.39, 0.29) is 18.0 Å². The number of anilines is 1. The van der Waals surface area contributed by atoms with Gasteiger partial charge in [-0.3, -0.25) is 9.59 Å². The van der Waals surface area contributed by atoms with Crippen molar-refractivity contribution < 1.29 is 23.5 Å². The summed E-state index contributed by atoms with van der Waals surface area (Å²) in [5.74, 6) is -4.79. The summed E-state index contributed by atoms with van der Waals surface area (Å²) < 4.78 is 27.1. The largest absolute Gasteiger partial charge is 0.481 e. The van der Waals surface area contributed by atoms with Crippen molar-refractivity contribution in [2.24, 2.45) is 11.8 Å². The molecule has 2 rings (SSSR count). The normalized spacial score (nSPS) is 26.7. The van der Waals surface area contributed by atoms with Crippen LogP contribution in [0.4, 0.5) is 14.5 Å². The Kier molecular flexibility index (Phi) is 3.74. The number of benzene rings is 1. The van der Waals surface area contributed by atoms with Crippen LogP contribution >= 0.6 is 0 Å². The summed E-state index contributed by atoms with van der Waals surface area (Å²) in [6, 6.07) is 2.79. The maximum absolute atomic E-state index is 13.8. The predicted molar refractivity (Wildman–Crippen MR) is 68.2 cm³/mol. The molecular weight excluding hydrogens is 268 g/mol. The first-order valence-corrected chi connectivity index (χ1v) is 6.33. The highest BCUT2D eigenvalue weighted by Gasteiger charge is 2.43. The summed E-state index contributed by atoms with van der Waals surface area (Å²) in [7, 11) is 0. The van der Waals surface area contributed by atoms with E-state index in [1.807, 2.05) is 0 Å². The molecule has 0 saturated carbocycles. The minimum absolute atomic E-state index is 0.00272. The number of rotatable bonds is 2. The van der Waals surface area contributed by atoms with Crippen molar-refractivity contribution in [3.05, 3.63) is 29.8 Å². The van der Waals surface area contributed by atoms with Gasteiger partial charge in [0.1, 0.15) is 0 Å². The van der Waals surface area contributed by atoms with E-state index in [2.05, 4.69) is 0 Å². The van der Waals surface area contributed by atoms with Crippen LogP contribution < -0.4 is 4.90 Å². The van der Waals surface area contributed by atoms with Gasteiger partial charge in [-0.2, -0.15) is 0 Å². The molecule has 20 heavy (non-hydrogen) atoms. The number of carbonyl (C=O) groups is 2. The molecule has 108 valence electrons. The second-order valence-electron chi connectivity index (χ2n) is 5.12. The van der Waals surface area contributed by atoms with E-state index in [1.54, 1.807) is 6.92 Å². The van der Waals surface area contributed by atoms with Gasteiger partial charge >= 0.3 is 5.97 Å². The van der Waals surface area contributed by atoms with Crippen molar-refractivity contribution >= 4 is 17.6 Å². The lowest BCUT2D eigenvalue weighted by molar-refractivity contribution is -0.146. The Hall–Kier alpha value is -1.98. The molecule has 0 radical (unpaired) electrons. The molecular formula is C14H15F2NO3. The molecule has 3 atom stereocenters. The summed E-state index contributed by atoms with van der Waals surface area (Å²) in [6.07, 6.45) is -0.00272. The van der Waals surface area contributed by atoms with Gasteiger partial charge in [0.15, 0.2) is 11.6 Å². The first-order chi connectivity index (χ1) is 9.34. The monoisotopic (exact) mass is 283 g/mol. The van der Waals surface area contributed by atoms with Crippen molar-refractivity contribution in [3.63, 3.8) is 0 Å². The third-order valence-corrected chi connectivity index (χ3v) is 3.78. The number of amides is 1. The van der Waals surface area contributed by atoms with Crippen molar-refractivity contribution in [2.45, 2.75) is 26.3 Å². The van der Waals surface area contributed by atoms with Crippen LogP contribution in [0, 0.1) is 23.5 Å². The van der Waals surface area contributed by atoms with Crippen LogP contribution in [-0.2, 0) is 9.59 Å². The maximum atomic E-state index is 13.8. The Morgan fingerprint density at radius 2 is 2.00 bits per heavy atom. The molecule has 1 saturated heterocycles. The Morgan fingerprint density at radius 3 is 2.60 bits per heavy atom. The summed E-state index contributed by atoms with van der Waals surface area (Å²) >= 11 is 0. The van der Waals surface area contributed by atoms with E-state index in [1.165, 1.54) is 19.1 Å². The standard InChI is InChI=1S/C14H15F2NO3/c1-7-6-11(18)17(8(2)12(7)14(19)20)10-5-3-4-9(15)13(10)16/h3-5,7-8,12H,6H2,1-2H3,(H,19,20). The van der Waals surface area contributed by atoms with Crippen molar-refractivity contribution in [1.82, 2.24) is 0 Å². The predicted octanol–water partition coefficient (Wildman–Crippen LogP) is 2.43. The highest BCUT2D eigenvalue weighted by molar-refractivity contribution is 5.96. The van der Waals surface area contributed by atoms with E-state index in [9.17, 15) is 23.5 Å². The molecule has 4 nitrogen and oxygen atoms in total. The number of hydrogen-bond acceptors (Lipinski definition) is 2. The fraction of sp³-hybridized carbons (Fsp3) is 0.429. The smallest absolute Gasteiger partial charge is 0.308 e. The molecule has 1 amide bonds. The first-order valence-electron chi connectivity index (χ1n) is 6.33. The Balaban J connectivity index is 2.46. The number of carboxylic acid groups (broad SMARTS) is 1.